The Labute approximate surface area is 180 Å². The van der Waals surface area contributed by atoms with Crippen LogP contribution in [0.2, 0.25) is 0 Å². The molecule has 2 aromatic carbocycles. The summed E-state index contributed by atoms with van der Waals surface area (Å²) in [5.74, 6) is -1.40. The average Bonchev–Trinajstić information content (AvgIpc) is 3.01. The number of amides is 1. The van der Waals surface area contributed by atoms with Crippen molar-refractivity contribution in [2.24, 2.45) is 0 Å². The highest BCUT2D eigenvalue weighted by Gasteiger charge is 2.46. The number of ketones is 1. The normalized spacial score (nSPS) is 18.0. The number of aliphatic hydroxyl groups excluding tert-OH is 1. The maximum atomic E-state index is 13.3. The molecule has 1 saturated heterocycles. The summed E-state index contributed by atoms with van der Waals surface area (Å²) < 4.78 is 24.0. The number of halogens is 1. The molecule has 0 spiro atoms. The molecule has 1 heterocycles. The van der Waals surface area contributed by atoms with Crippen molar-refractivity contribution < 1.29 is 28.6 Å². The molecule has 0 aliphatic carbocycles. The van der Waals surface area contributed by atoms with E-state index in [2.05, 4.69) is 0 Å². The van der Waals surface area contributed by atoms with Crippen LogP contribution in [0.25, 0.3) is 5.76 Å². The molecule has 1 N–H and O–H groups in total. The van der Waals surface area contributed by atoms with Crippen molar-refractivity contribution in [2.45, 2.75) is 6.04 Å². The Bertz CT molecular complexity index is 1020. The highest BCUT2D eigenvalue weighted by molar-refractivity contribution is 6.46. The van der Waals surface area contributed by atoms with Crippen LogP contribution in [0.5, 0.6) is 11.5 Å². The topological polar surface area (TPSA) is 79.3 Å². The fraction of sp³-hybridized carbons (Fsp3) is 0.304. The van der Waals surface area contributed by atoms with E-state index >= 15 is 0 Å². The molecule has 1 unspecified atom stereocenters. The van der Waals surface area contributed by atoms with E-state index in [1.807, 2.05) is 19.0 Å². The van der Waals surface area contributed by atoms with E-state index in [1.54, 1.807) is 18.2 Å². The Morgan fingerprint density at radius 3 is 2.29 bits per heavy atom. The Balaban J connectivity index is 2.18. The van der Waals surface area contributed by atoms with Crippen LogP contribution < -0.4 is 9.47 Å². The van der Waals surface area contributed by atoms with Crippen LogP contribution in [0.3, 0.4) is 0 Å². The molecule has 1 amide bonds. The van der Waals surface area contributed by atoms with Crippen LogP contribution in [-0.4, -0.2) is 68.0 Å². The number of carbonyl (C=O) groups is 2. The van der Waals surface area contributed by atoms with Crippen molar-refractivity contribution in [3.05, 3.63) is 65.0 Å². The molecule has 0 aromatic heterocycles. The summed E-state index contributed by atoms with van der Waals surface area (Å²) >= 11 is 0. The number of hydrogen-bond acceptors (Lipinski definition) is 6. The lowest BCUT2D eigenvalue weighted by Gasteiger charge is -2.27. The lowest BCUT2D eigenvalue weighted by atomic mass is 9.95. The Kier molecular flexibility index (Phi) is 6.60. The second kappa shape index (κ2) is 9.18. The van der Waals surface area contributed by atoms with Gasteiger partial charge >= 0.3 is 0 Å². The number of rotatable bonds is 7. The molecular weight excluding hydrogens is 403 g/mol. The molecule has 1 aliphatic rings. The van der Waals surface area contributed by atoms with Gasteiger partial charge in [0.15, 0.2) is 11.5 Å². The third kappa shape index (κ3) is 4.39. The highest BCUT2D eigenvalue weighted by Crippen LogP contribution is 2.41. The number of benzene rings is 2. The standard InChI is InChI=1S/C23H25FN2O5/c1-25(2)11-12-26-20(15-7-10-17(30-3)18(13-15)31-4)19(22(28)23(26)29)21(27)14-5-8-16(24)9-6-14/h5-10,13,20,27H,11-12H2,1-4H3/b21-19+. The summed E-state index contributed by atoms with van der Waals surface area (Å²) in [4.78, 5) is 29.1. The number of methoxy groups -OCH3 is 2. The third-order valence-electron chi connectivity index (χ3n) is 5.17. The van der Waals surface area contributed by atoms with Gasteiger partial charge in [0, 0.05) is 18.7 Å². The van der Waals surface area contributed by atoms with Gasteiger partial charge < -0.3 is 24.4 Å². The lowest BCUT2D eigenvalue weighted by molar-refractivity contribution is -0.140. The summed E-state index contributed by atoms with van der Waals surface area (Å²) in [5, 5.41) is 10.9. The van der Waals surface area contributed by atoms with E-state index < -0.39 is 23.5 Å². The van der Waals surface area contributed by atoms with Crippen LogP contribution in [0.4, 0.5) is 4.39 Å². The number of likely N-dealkylation sites (N-methyl/N-ethyl adjacent to an activating group) is 1. The first-order valence-corrected chi connectivity index (χ1v) is 9.69. The average molecular weight is 428 g/mol. The van der Waals surface area contributed by atoms with Gasteiger partial charge in [-0.15, -0.1) is 0 Å². The quantitative estimate of drug-likeness (QED) is 0.415. The summed E-state index contributed by atoms with van der Waals surface area (Å²) in [6.45, 7) is 0.796. The predicted octanol–water partition coefficient (Wildman–Crippen LogP) is 2.83. The molecule has 0 saturated carbocycles. The van der Waals surface area contributed by atoms with Gasteiger partial charge in [-0.05, 0) is 56.1 Å². The first-order valence-electron chi connectivity index (χ1n) is 9.69. The van der Waals surface area contributed by atoms with Crippen molar-refractivity contribution in [3.63, 3.8) is 0 Å². The van der Waals surface area contributed by atoms with Gasteiger partial charge in [-0.2, -0.15) is 0 Å². The minimum atomic E-state index is -0.829. The Hall–Kier alpha value is -3.39. The first kappa shape index (κ1) is 22.3. The molecule has 0 radical (unpaired) electrons. The summed E-state index contributed by atoms with van der Waals surface area (Å²) in [7, 11) is 6.72. The van der Waals surface area contributed by atoms with Crippen molar-refractivity contribution >= 4 is 17.4 Å². The maximum absolute atomic E-state index is 13.3. The molecule has 0 bridgehead atoms. The van der Waals surface area contributed by atoms with Gasteiger partial charge in [-0.25, -0.2) is 4.39 Å². The molecule has 1 atom stereocenters. The third-order valence-corrected chi connectivity index (χ3v) is 5.17. The maximum Gasteiger partial charge on any atom is 0.295 e. The van der Waals surface area contributed by atoms with E-state index in [1.165, 1.54) is 43.4 Å². The van der Waals surface area contributed by atoms with Crippen LogP contribution in [0.1, 0.15) is 17.2 Å². The van der Waals surface area contributed by atoms with Crippen LogP contribution in [0.15, 0.2) is 48.0 Å². The summed E-state index contributed by atoms with van der Waals surface area (Å²) in [5.41, 5.74) is 0.777. The number of Topliss-reactive ketones (excluding diaryl/α,β-unsaturated/α-hetero) is 1. The molecule has 1 fully saturated rings. The van der Waals surface area contributed by atoms with Crippen molar-refractivity contribution in [1.29, 1.82) is 0 Å². The molecule has 8 heteroatoms. The smallest absolute Gasteiger partial charge is 0.295 e. The van der Waals surface area contributed by atoms with Gasteiger partial charge in [-0.1, -0.05) is 6.07 Å². The van der Waals surface area contributed by atoms with E-state index in [-0.39, 0.29) is 23.4 Å². The van der Waals surface area contributed by atoms with Gasteiger partial charge in [0.25, 0.3) is 11.7 Å². The van der Waals surface area contributed by atoms with Crippen LogP contribution in [-0.2, 0) is 9.59 Å². The number of carbonyl (C=O) groups excluding carboxylic acids is 2. The monoisotopic (exact) mass is 428 g/mol. The number of hydrogen-bond donors (Lipinski definition) is 1. The van der Waals surface area contributed by atoms with E-state index in [9.17, 15) is 19.1 Å². The lowest BCUT2D eigenvalue weighted by Crippen LogP contribution is -2.35. The number of nitrogens with zero attached hydrogens (tertiary/aromatic N) is 2. The van der Waals surface area contributed by atoms with Crippen LogP contribution in [0, 0.1) is 5.82 Å². The zero-order chi connectivity index (χ0) is 22.7. The second-order valence-corrected chi connectivity index (χ2v) is 7.42. The molecule has 31 heavy (non-hydrogen) atoms. The van der Waals surface area contributed by atoms with Crippen molar-refractivity contribution in [2.75, 3.05) is 41.4 Å². The number of likely N-dealkylation sites (tertiary alicyclic amines) is 1. The highest BCUT2D eigenvalue weighted by atomic mass is 19.1. The molecule has 2 aromatic rings. The minimum absolute atomic E-state index is 0.0532. The van der Waals surface area contributed by atoms with Crippen LogP contribution >= 0.6 is 0 Å². The summed E-state index contributed by atoms with van der Waals surface area (Å²) in [6.07, 6.45) is 0. The Morgan fingerprint density at radius 2 is 1.71 bits per heavy atom. The van der Waals surface area contributed by atoms with Gasteiger partial charge in [0.05, 0.1) is 25.8 Å². The molecular formula is C23H25FN2O5. The zero-order valence-electron chi connectivity index (χ0n) is 17.9. The summed E-state index contributed by atoms with van der Waals surface area (Å²) in [6, 6.07) is 9.34. The number of aliphatic hydroxyl groups is 1. The molecule has 3 rings (SSSR count). The van der Waals surface area contributed by atoms with E-state index in [0.717, 1.165) is 0 Å². The molecule has 164 valence electrons. The van der Waals surface area contributed by atoms with Gasteiger partial charge in [0.1, 0.15) is 11.6 Å². The molecule has 1 aliphatic heterocycles. The van der Waals surface area contributed by atoms with Crippen molar-refractivity contribution in [3.8, 4) is 11.5 Å². The second-order valence-electron chi connectivity index (χ2n) is 7.42. The van der Waals surface area contributed by atoms with Crippen molar-refractivity contribution in [1.82, 2.24) is 9.80 Å². The number of ether oxygens (including phenoxy) is 2. The van der Waals surface area contributed by atoms with E-state index in [4.69, 9.17) is 9.47 Å². The fourth-order valence-electron chi connectivity index (χ4n) is 3.55. The Morgan fingerprint density at radius 1 is 1.06 bits per heavy atom. The molecule has 7 nitrogen and oxygen atoms in total. The SMILES string of the molecule is COc1ccc(C2/C(=C(\O)c3ccc(F)cc3)C(=O)C(=O)N2CCN(C)C)cc1OC. The fourth-order valence-corrected chi connectivity index (χ4v) is 3.55. The van der Waals surface area contributed by atoms with E-state index in [0.29, 0.717) is 23.6 Å². The predicted molar refractivity (Wildman–Crippen MR) is 114 cm³/mol. The largest absolute Gasteiger partial charge is 0.507 e. The van der Waals surface area contributed by atoms with Gasteiger partial charge in [-0.3, -0.25) is 9.59 Å². The van der Waals surface area contributed by atoms with Gasteiger partial charge in [0.2, 0.25) is 0 Å². The minimum Gasteiger partial charge on any atom is -0.507 e. The zero-order valence-corrected chi connectivity index (χ0v) is 17.9. The first-order chi connectivity index (χ1) is 14.8.